The van der Waals surface area contributed by atoms with Gasteiger partial charge in [0.15, 0.2) is 27.2 Å². The van der Waals surface area contributed by atoms with Crippen LogP contribution in [0.5, 0.6) is 5.75 Å². The molecule has 0 aromatic heterocycles. The van der Waals surface area contributed by atoms with Gasteiger partial charge in [0.25, 0.3) is 0 Å². The Hall–Kier alpha value is -2.25. The Morgan fingerprint density at radius 3 is 2.52 bits per heavy atom. The molecule has 0 spiro atoms. The molecule has 0 saturated heterocycles. The van der Waals surface area contributed by atoms with E-state index in [2.05, 4.69) is 0 Å². The average Bonchev–Trinajstić information content (AvgIpc) is 2.74. The van der Waals surface area contributed by atoms with E-state index in [4.69, 9.17) is 16.3 Å². The number of benzene rings is 2. The Morgan fingerprint density at radius 1 is 1.16 bits per heavy atom. The van der Waals surface area contributed by atoms with Crippen molar-refractivity contribution in [3.05, 3.63) is 70.8 Å². The summed E-state index contributed by atoms with van der Waals surface area (Å²) in [5.41, 5.74) is -0.264. The zero-order chi connectivity index (χ0) is 22.4. The lowest BCUT2D eigenvalue weighted by atomic mass is 9.67. The maximum absolute atomic E-state index is 15.2. The number of fused-ring (bicyclic) bond motifs is 3. The van der Waals surface area contributed by atoms with Crippen molar-refractivity contribution < 1.29 is 26.7 Å². The number of carbonyl (C=O) groups excluding carboxylic acids is 1. The predicted octanol–water partition coefficient (Wildman–Crippen LogP) is 5.24. The Morgan fingerprint density at radius 2 is 1.84 bits per heavy atom. The minimum absolute atomic E-state index is 0.0189. The van der Waals surface area contributed by atoms with Gasteiger partial charge in [0, 0.05) is 10.9 Å². The summed E-state index contributed by atoms with van der Waals surface area (Å²) in [5.74, 6) is -3.20. The minimum Gasteiger partial charge on any atom is -0.490 e. The number of hydrogen-bond donors (Lipinski definition) is 0. The highest BCUT2D eigenvalue weighted by Gasteiger charge is 2.60. The van der Waals surface area contributed by atoms with E-state index in [1.165, 1.54) is 37.3 Å². The Labute approximate surface area is 184 Å². The molecule has 4 rings (SSSR count). The molecule has 1 aliphatic carbocycles. The molecule has 31 heavy (non-hydrogen) atoms. The van der Waals surface area contributed by atoms with E-state index in [1.54, 1.807) is 6.08 Å². The number of carbonyl (C=O) groups is 1. The molecule has 0 amide bonds. The molecule has 1 fully saturated rings. The SMILES string of the molecule is CC(=O)/C=C/[C@@H]1CCC[C@@]2(S(=O)(=O)c3ccc(Cl)cc3)c3c(F)ccc(F)c3OCC12. The zero-order valence-corrected chi connectivity index (χ0v) is 18.3. The van der Waals surface area contributed by atoms with Gasteiger partial charge in [0.05, 0.1) is 17.1 Å². The maximum Gasteiger partial charge on any atom is 0.188 e. The fourth-order valence-corrected chi connectivity index (χ4v) is 7.48. The number of halogens is 3. The van der Waals surface area contributed by atoms with Gasteiger partial charge < -0.3 is 4.74 Å². The van der Waals surface area contributed by atoms with E-state index < -0.39 is 32.1 Å². The molecule has 0 radical (unpaired) electrons. The van der Waals surface area contributed by atoms with Crippen LogP contribution in [0.15, 0.2) is 53.4 Å². The predicted molar refractivity (Wildman–Crippen MR) is 113 cm³/mol. The van der Waals surface area contributed by atoms with E-state index in [0.29, 0.717) is 17.9 Å². The van der Waals surface area contributed by atoms with Crippen LogP contribution >= 0.6 is 11.6 Å². The molecule has 1 heterocycles. The van der Waals surface area contributed by atoms with Crippen LogP contribution < -0.4 is 4.74 Å². The first-order valence-corrected chi connectivity index (χ1v) is 11.8. The van der Waals surface area contributed by atoms with Crippen molar-refractivity contribution in [2.45, 2.75) is 35.8 Å². The Kier molecular flexibility index (Phi) is 5.68. The van der Waals surface area contributed by atoms with Gasteiger partial charge >= 0.3 is 0 Å². The summed E-state index contributed by atoms with van der Waals surface area (Å²) in [6.45, 7) is 1.30. The summed E-state index contributed by atoms with van der Waals surface area (Å²) in [6.07, 6.45) is 4.26. The first-order valence-electron chi connectivity index (χ1n) is 9.98. The summed E-state index contributed by atoms with van der Waals surface area (Å²) in [6, 6.07) is 7.55. The number of ether oxygens (including phenoxy) is 1. The van der Waals surface area contributed by atoms with Crippen LogP contribution in [-0.2, 0) is 19.4 Å². The molecule has 2 aromatic rings. The van der Waals surface area contributed by atoms with Crippen molar-refractivity contribution in [3.8, 4) is 5.75 Å². The van der Waals surface area contributed by atoms with Crippen molar-refractivity contribution in [1.82, 2.24) is 0 Å². The molecule has 2 aliphatic rings. The number of ketones is 1. The molecule has 4 nitrogen and oxygen atoms in total. The van der Waals surface area contributed by atoms with Gasteiger partial charge in [-0.25, -0.2) is 17.2 Å². The molecular formula is C23H21ClF2O4S. The second-order valence-electron chi connectivity index (χ2n) is 8.02. The lowest BCUT2D eigenvalue weighted by Gasteiger charge is -2.49. The first kappa shape index (κ1) is 22.0. The third kappa shape index (κ3) is 3.48. The van der Waals surface area contributed by atoms with E-state index in [1.807, 2.05) is 0 Å². The van der Waals surface area contributed by atoms with Crippen LogP contribution in [0.3, 0.4) is 0 Å². The van der Waals surface area contributed by atoms with Gasteiger partial charge in [-0.05, 0) is 68.2 Å². The maximum atomic E-state index is 15.2. The van der Waals surface area contributed by atoms with E-state index in [0.717, 1.165) is 12.1 Å². The van der Waals surface area contributed by atoms with Gasteiger partial charge in [0.1, 0.15) is 10.6 Å². The molecular weight excluding hydrogens is 446 g/mol. The molecule has 164 valence electrons. The highest BCUT2D eigenvalue weighted by molar-refractivity contribution is 7.92. The lowest BCUT2D eigenvalue weighted by molar-refractivity contribution is -0.112. The summed E-state index contributed by atoms with van der Waals surface area (Å²) < 4.78 is 61.9. The van der Waals surface area contributed by atoms with E-state index in [-0.39, 0.29) is 40.9 Å². The molecule has 8 heteroatoms. The third-order valence-electron chi connectivity index (χ3n) is 6.27. The molecule has 0 bridgehead atoms. The fraction of sp³-hybridized carbons (Fsp3) is 0.348. The quantitative estimate of drug-likeness (QED) is 0.578. The molecule has 1 saturated carbocycles. The van der Waals surface area contributed by atoms with Gasteiger partial charge in [-0.3, -0.25) is 4.79 Å². The van der Waals surface area contributed by atoms with Crippen molar-refractivity contribution in [1.29, 1.82) is 0 Å². The van der Waals surface area contributed by atoms with Gasteiger partial charge in [-0.15, -0.1) is 0 Å². The first-order chi connectivity index (χ1) is 14.7. The summed E-state index contributed by atoms with van der Waals surface area (Å²) in [4.78, 5) is 11.5. The number of rotatable bonds is 4. The number of hydrogen-bond acceptors (Lipinski definition) is 4. The largest absolute Gasteiger partial charge is 0.490 e. The van der Waals surface area contributed by atoms with Crippen LogP contribution in [0.2, 0.25) is 5.02 Å². The fourth-order valence-electron chi connectivity index (χ4n) is 4.92. The summed E-state index contributed by atoms with van der Waals surface area (Å²) in [7, 11) is -4.19. The van der Waals surface area contributed by atoms with E-state index in [9.17, 15) is 17.6 Å². The normalized spacial score (nSPS) is 25.5. The molecule has 1 unspecified atom stereocenters. The smallest absolute Gasteiger partial charge is 0.188 e. The van der Waals surface area contributed by atoms with Crippen LogP contribution in [0.25, 0.3) is 0 Å². The standard InChI is InChI=1S/C23H21ClF2O4S/c1-14(27)4-5-15-3-2-12-23(31(28,29)17-8-6-16(24)7-9-17)18(15)13-30-22-20(26)11-10-19(25)21(22)23/h4-11,15,18H,2-3,12-13H2,1H3/b5-4+/t15-,18?,23-/m0/s1. The number of sulfone groups is 1. The summed E-state index contributed by atoms with van der Waals surface area (Å²) >= 11 is 5.94. The average molecular weight is 467 g/mol. The van der Waals surface area contributed by atoms with Gasteiger partial charge in [-0.1, -0.05) is 24.1 Å². The van der Waals surface area contributed by atoms with Crippen LogP contribution in [-0.4, -0.2) is 20.8 Å². The van der Waals surface area contributed by atoms with Crippen molar-refractivity contribution in [2.24, 2.45) is 11.8 Å². The number of allylic oxidation sites excluding steroid dienone is 2. The van der Waals surface area contributed by atoms with Crippen molar-refractivity contribution in [3.63, 3.8) is 0 Å². The lowest BCUT2D eigenvalue weighted by Crippen LogP contribution is -2.53. The second kappa shape index (κ2) is 8.02. The molecule has 3 atom stereocenters. The van der Waals surface area contributed by atoms with Crippen LogP contribution in [0.1, 0.15) is 31.7 Å². The van der Waals surface area contributed by atoms with E-state index >= 15 is 4.39 Å². The zero-order valence-electron chi connectivity index (χ0n) is 16.8. The molecule has 2 aromatic carbocycles. The van der Waals surface area contributed by atoms with Gasteiger partial charge in [-0.2, -0.15) is 0 Å². The van der Waals surface area contributed by atoms with Gasteiger partial charge in [0.2, 0.25) is 0 Å². The molecule has 1 aliphatic heterocycles. The van der Waals surface area contributed by atoms with Crippen LogP contribution in [0.4, 0.5) is 8.78 Å². The molecule has 0 N–H and O–H groups in total. The highest BCUT2D eigenvalue weighted by atomic mass is 35.5. The van der Waals surface area contributed by atoms with Crippen molar-refractivity contribution >= 4 is 27.2 Å². The van der Waals surface area contributed by atoms with Crippen molar-refractivity contribution in [2.75, 3.05) is 6.61 Å². The highest BCUT2D eigenvalue weighted by Crippen LogP contribution is 2.58. The Bertz CT molecular complexity index is 1160. The second-order valence-corrected chi connectivity index (χ2v) is 10.7. The minimum atomic E-state index is -4.19. The monoisotopic (exact) mass is 466 g/mol. The summed E-state index contributed by atoms with van der Waals surface area (Å²) in [5, 5.41) is 0.364. The third-order valence-corrected chi connectivity index (χ3v) is 9.09. The van der Waals surface area contributed by atoms with Crippen LogP contribution in [0, 0.1) is 23.5 Å². The topological polar surface area (TPSA) is 60.4 Å². The Balaban J connectivity index is 2.00.